The molecule has 2 heteroatoms. The van der Waals surface area contributed by atoms with E-state index in [-0.39, 0.29) is 0 Å². The summed E-state index contributed by atoms with van der Waals surface area (Å²) in [5.41, 5.74) is 1.89. The molecule has 0 aliphatic rings. The Bertz CT molecular complexity index is 255. The van der Waals surface area contributed by atoms with Crippen LogP contribution in [0.25, 0.3) is 0 Å². The fourth-order valence-electron chi connectivity index (χ4n) is 1.08. The van der Waals surface area contributed by atoms with Crippen LogP contribution in [0.5, 0.6) is 0 Å². The minimum atomic E-state index is -0.600. The Hall–Kier alpha value is -0.630. The van der Waals surface area contributed by atoms with Gasteiger partial charge in [-0.05, 0) is 33.3 Å². The number of hydrogen-bond donors (Lipinski definition) is 2. The molecule has 1 atom stereocenters. The Labute approximate surface area is 86.3 Å². The van der Waals surface area contributed by atoms with Crippen LogP contribution in [0.2, 0.25) is 0 Å². The third-order valence-corrected chi connectivity index (χ3v) is 2.12. The lowest BCUT2D eigenvalue weighted by Gasteiger charge is -2.20. The Morgan fingerprint density at radius 3 is 2.15 bits per heavy atom. The van der Waals surface area contributed by atoms with E-state index in [1.165, 1.54) is 0 Å². The van der Waals surface area contributed by atoms with Gasteiger partial charge in [-0.2, -0.15) is 12.6 Å². The molecule has 0 rings (SSSR count). The van der Waals surface area contributed by atoms with Gasteiger partial charge in [0.15, 0.2) is 0 Å². The quantitative estimate of drug-likeness (QED) is 0.403. The highest BCUT2D eigenvalue weighted by molar-refractivity contribution is 7.82. The summed E-state index contributed by atoms with van der Waals surface area (Å²) in [6.07, 6.45) is 3.62. The summed E-state index contributed by atoms with van der Waals surface area (Å²) >= 11 is 4.38. The van der Waals surface area contributed by atoms with Crippen LogP contribution in [0, 0.1) is 0 Å². The van der Waals surface area contributed by atoms with E-state index in [2.05, 4.69) is 19.2 Å². The van der Waals surface area contributed by atoms with Crippen molar-refractivity contribution in [1.82, 2.24) is 0 Å². The lowest BCUT2D eigenvalue weighted by Crippen LogP contribution is -2.18. The topological polar surface area (TPSA) is 20.2 Å². The molecule has 0 fully saturated rings. The Morgan fingerprint density at radius 2 is 1.85 bits per heavy atom. The van der Waals surface area contributed by atoms with E-state index in [1.54, 1.807) is 6.08 Å². The van der Waals surface area contributed by atoms with E-state index in [4.69, 9.17) is 0 Å². The van der Waals surface area contributed by atoms with Gasteiger partial charge in [-0.25, -0.2) is 0 Å². The van der Waals surface area contributed by atoms with Crippen LogP contribution < -0.4 is 0 Å². The van der Waals surface area contributed by atoms with Crippen molar-refractivity contribution in [2.45, 2.75) is 32.4 Å². The number of hydrogen-bond acceptors (Lipinski definition) is 2. The minimum absolute atomic E-state index is 0.303. The number of aliphatic hydroxyl groups is 1. The molecule has 0 aliphatic heterocycles. The van der Waals surface area contributed by atoms with Gasteiger partial charge in [-0.1, -0.05) is 24.3 Å². The van der Waals surface area contributed by atoms with Gasteiger partial charge in [0, 0.05) is 0 Å². The first kappa shape index (κ1) is 12.4. The maximum absolute atomic E-state index is 9.72. The lowest BCUT2D eigenvalue weighted by molar-refractivity contribution is 0.371. The molecule has 0 aromatic carbocycles. The summed E-state index contributed by atoms with van der Waals surface area (Å²) in [6, 6.07) is 0. The first-order valence-electron chi connectivity index (χ1n) is 4.22. The van der Waals surface area contributed by atoms with Crippen molar-refractivity contribution < 1.29 is 5.11 Å². The highest BCUT2D eigenvalue weighted by Crippen LogP contribution is 2.27. The second-order valence-corrected chi connectivity index (χ2v) is 4.52. The molecule has 0 saturated carbocycles. The first-order valence-corrected chi connectivity index (χ1v) is 4.67. The average molecular weight is 198 g/mol. The zero-order valence-electron chi connectivity index (χ0n) is 8.76. The molecule has 74 valence electrons. The maximum Gasteiger partial charge on any atom is 0.110 e. The van der Waals surface area contributed by atoms with Crippen molar-refractivity contribution in [2.24, 2.45) is 0 Å². The van der Waals surface area contributed by atoms with E-state index in [0.717, 1.165) is 11.1 Å². The molecule has 0 unspecified atom stereocenters. The fourth-order valence-corrected chi connectivity index (χ4v) is 1.50. The second kappa shape index (κ2) is 4.56. The van der Waals surface area contributed by atoms with Gasteiger partial charge < -0.3 is 5.11 Å². The van der Waals surface area contributed by atoms with Gasteiger partial charge in [-0.15, -0.1) is 0 Å². The van der Waals surface area contributed by atoms with E-state index >= 15 is 0 Å². The highest BCUT2D eigenvalue weighted by Gasteiger charge is 2.22. The SMILES string of the molecule is C=C/C(C)=C/[C@](C)(S)C(O)=C(C)C. The van der Waals surface area contributed by atoms with Crippen LogP contribution in [-0.2, 0) is 0 Å². The summed E-state index contributed by atoms with van der Waals surface area (Å²) < 4.78 is -0.600. The summed E-state index contributed by atoms with van der Waals surface area (Å²) in [4.78, 5) is 0. The van der Waals surface area contributed by atoms with Crippen LogP contribution >= 0.6 is 12.6 Å². The van der Waals surface area contributed by atoms with Crippen molar-refractivity contribution in [3.8, 4) is 0 Å². The molecule has 1 nitrogen and oxygen atoms in total. The van der Waals surface area contributed by atoms with E-state index in [9.17, 15) is 5.11 Å². The summed E-state index contributed by atoms with van der Waals surface area (Å²) in [7, 11) is 0. The Balaban J connectivity index is 4.99. The van der Waals surface area contributed by atoms with Gasteiger partial charge in [0.05, 0.1) is 4.75 Å². The molecule has 0 spiro atoms. The number of thiol groups is 1. The standard InChI is InChI=1S/C11H18OS/c1-6-9(4)7-11(5,13)10(12)8(2)3/h6-7,12-13H,1H2,2-5H3/b9-7+/t11-/m0/s1. The molecule has 0 aromatic rings. The molecular formula is C11H18OS. The zero-order valence-corrected chi connectivity index (χ0v) is 9.65. The Morgan fingerprint density at radius 1 is 1.38 bits per heavy atom. The van der Waals surface area contributed by atoms with Crippen LogP contribution in [-0.4, -0.2) is 9.85 Å². The maximum atomic E-state index is 9.72. The molecule has 0 aliphatic carbocycles. The molecule has 0 aromatic heterocycles. The van der Waals surface area contributed by atoms with E-state index < -0.39 is 4.75 Å². The average Bonchev–Trinajstić information content (AvgIpc) is 2.01. The van der Waals surface area contributed by atoms with Crippen LogP contribution in [0.4, 0.5) is 0 Å². The van der Waals surface area contributed by atoms with Crippen LogP contribution in [0.15, 0.2) is 35.6 Å². The molecule has 1 N–H and O–H groups in total. The predicted octanol–water partition coefficient (Wildman–Crippen LogP) is 3.66. The number of aliphatic hydroxyl groups excluding tert-OH is 1. The molecular weight excluding hydrogens is 180 g/mol. The molecule has 0 heterocycles. The van der Waals surface area contributed by atoms with Crippen molar-refractivity contribution in [3.63, 3.8) is 0 Å². The molecule has 13 heavy (non-hydrogen) atoms. The van der Waals surface area contributed by atoms with Crippen molar-refractivity contribution in [1.29, 1.82) is 0 Å². The largest absolute Gasteiger partial charge is 0.511 e. The zero-order chi connectivity index (χ0) is 10.6. The smallest absolute Gasteiger partial charge is 0.110 e. The van der Waals surface area contributed by atoms with Crippen molar-refractivity contribution in [2.75, 3.05) is 0 Å². The van der Waals surface area contributed by atoms with E-state index in [0.29, 0.717) is 5.76 Å². The van der Waals surface area contributed by atoms with Gasteiger partial charge >= 0.3 is 0 Å². The predicted molar refractivity (Wildman–Crippen MR) is 62.3 cm³/mol. The normalized spacial score (nSPS) is 16.2. The fraction of sp³-hybridized carbons (Fsp3) is 0.455. The van der Waals surface area contributed by atoms with Crippen LogP contribution in [0.3, 0.4) is 0 Å². The van der Waals surface area contributed by atoms with Crippen molar-refractivity contribution >= 4 is 12.6 Å². The minimum Gasteiger partial charge on any atom is -0.511 e. The Kier molecular flexibility index (Phi) is 4.34. The molecule has 0 bridgehead atoms. The number of rotatable bonds is 3. The third-order valence-electron chi connectivity index (χ3n) is 1.78. The molecule has 0 saturated heterocycles. The van der Waals surface area contributed by atoms with Gasteiger partial charge in [0.2, 0.25) is 0 Å². The first-order chi connectivity index (χ1) is 5.81. The van der Waals surface area contributed by atoms with Crippen molar-refractivity contribution in [3.05, 3.63) is 35.6 Å². The molecule has 0 radical (unpaired) electrons. The van der Waals surface area contributed by atoms with Gasteiger partial charge in [0.25, 0.3) is 0 Å². The second-order valence-electron chi connectivity index (χ2n) is 3.59. The third kappa shape index (κ3) is 3.73. The summed E-state index contributed by atoms with van der Waals surface area (Å²) in [5.74, 6) is 0.303. The lowest BCUT2D eigenvalue weighted by atomic mass is 10.0. The monoisotopic (exact) mass is 198 g/mol. The highest BCUT2D eigenvalue weighted by atomic mass is 32.1. The number of allylic oxidation sites excluding steroid dienone is 3. The summed E-state index contributed by atoms with van der Waals surface area (Å²) in [5, 5.41) is 9.72. The van der Waals surface area contributed by atoms with Gasteiger partial charge in [-0.3, -0.25) is 0 Å². The van der Waals surface area contributed by atoms with Crippen LogP contribution in [0.1, 0.15) is 27.7 Å². The molecule has 0 amide bonds. The van der Waals surface area contributed by atoms with Gasteiger partial charge in [0.1, 0.15) is 5.76 Å². The summed E-state index contributed by atoms with van der Waals surface area (Å²) in [6.45, 7) is 11.2. The van der Waals surface area contributed by atoms with E-state index in [1.807, 2.05) is 33.8 Å².